The number of hydrogen-bond donors (Lipinski definition) is 3. The summed E-state index contributed by atoms with van der Waals surface area (Å²) in [5.74, 6) is -2.50. The minimum Gasteiger partial charge on any atom is -0.452 e. The minimum atomic E-state index is -4.05. The maximum Gasteiger partial charge on any atom is 0.321 e. The van der Waals surface area contributed by atoms with E-state index in [0.717, 1.165) is 24.3 Å². The van der Waals surface area contributed by atoms with Gasteiger partial charge in [0.05, 0.1) is 4.90 Å². The van der Waals surface area contributed by atoms with Crippen LogP contribution in [0.1, 0.15) is 27.7 Å². The van der Waals surface area contributed by atoms with Gasteiger partial charge >= 0.3 is 12.0 Å². The topological polar surface area (TPSA) is 131 Å². The maximum atomic E-state index is 12.8. The maximum absolute atomic E-state index is 12.8. The van der Waals surface area contributed by atoms with E-state index in [1.54, 1.807) is 20.8 Å². The second-order valence-corrected chi connectivity index (χ2v) is 8.37. The van der Waals surface area contributed by atoms with Gasteiger partial charge in [-0.2, -0.15) is 4.72 Å². The number of esters is 1. The largest absolute Gasteiger partial charge is 0.452 e. The van der Waals surface area contributed by atoms with Crippen molar-refractivity contribution in [2.24, 2.45) is 0 Å². The average Bonchev–Trinajstić information content (AvgIpc) is 2.51. The van der Waals surface area contributed by atoms with Crippen LogP contribution in [0.5, 0.6) is 0 Å². The summed E-state index contributed by atoms with van der Waals surface area (Å²) in [6.07, 6.45) is -1.32. The minimum absolute atomic E-state index is 0.235. The van der Waals surface area contributed by atoms with E-state index in [4.69, 9.17) is 4.74 Å². The molecule has 1 aromatic rings. The van der Waals surface area contributed by atoms with Crippen LogP contribution in [-0.2, 0) is 24.3 Å². The molecule has 0 aliphatic carbocycles. The number of halogens is 1. The highest BCUT2D eigenvalue weighted by Gasteiger charge is 2.23. The molecule has 1 rings (SSSR count). The molecule has 0 unspecified atom stereocenters. The van der Waals surface area contributed by atoms with E-state index >= 15 is 0 Å². The van der Waals surface area contributed by atoms with Crippen molar-refractivity contribution < 1.29 is 31.9 Å². The first kappa shape index (κ1) is 22.5. The normalized spacial score (nSPS) is 12.8. The monoisotopic (exact) mass is 403 g/mol. The Morgan fingerprint density at radius 3 is 2.22 bits per heavy atom. The number of rotatable bonds is 6. The summed E-state index contributed by atoms with van der Waals surface area (Å²) in [5, 5.41) is 4.50. The zero-order valence-corrected chi connectivity index (χ0v) is 16.1. The highest BCUT2D eigenvalue weighted by Crippen LogP contribution is 2.09. The van der Waals surface area contributed by atoms with Crippen molar-refractivity contribution in [2.45, 2.75) is 44.2 Å². The summed E-state index contributed by atoms with van der Waals surface area (Å²) < 4.78 is 43.5. The predicted molar refractivity (Wildman–Crippen MR) is 93.6 cm³/mol. The molecule has 3 N–H and O–H groups in total. The first-order chi connectivity index (χ1) is 12.3. The van der Waals surface area contributed by atoms with Crippen LogP contribution in [0.4, 0.5) is 9.18 Å². The fraction of sp³-hybridized carbons (Fsp3) is 0.438. The Labute approximate surface area is 156 Å². The van der Waals surface area contributed by atoms with Crippen molar-refractivity contribution in [1.82, 2.24) is 15.4 Å². The molecule has 27 heavy (non-hydrogen) atoms. The second-order valence-electron chi connectivity index (χ2n) is 6.60. The van der Waals surface area contributed by atoms with Gasteiger partial charge in [-0.25, -0.2) is 17.6 Å². The summed E-state index contributed by atoms with van der Waals surface area (Å²) in [5.41, 5.74) is -0.567. The Balaban J connectivity index is 2.52. The van der Waals surface area contributed by atoms with E-state index in [1.165, 1.54) is 6.92 Å². The molecule has 0 saturated heterocycles. The first-order valence-electron chi connectivity index (χ1n) is 7.88. The van der Waals surface area contributed by atoms with Gasteiger partial charge in [-0.3, -0.25) is 14.9 Å². The third-order valence-electron chi connectivity index (χ3n) is 2.93. The molecule has 0 saturated carbocycles. The number of hydrogen-bond acceptors (Lipinski definition) is 6. The molecule has 0 aliphatic heterocycles. The molecule has 0 fully saturated rings. The molecule has 0 aromatic heterocycles. The van der Waals surface area contributed by atoms with Crippen LogP contribution in [0.2, 0.25) is 0 Å². The number of benzene rings is 1. The molecule has 1 atom stereocenters. The lowest BCUT2D eigenvalue weighted by Gasteiger charge is -2.21. The molecule has 3 amide bonds. The second kappa shape index (κ2) is 8.91. The zero-order chi connectivity index (χ0) is 20.8. The fourth-order valence-corrected chi connectivity index (χ4v) is 2.70. The molecular weight excluding hydrogens is 381 g/mol. The van der Waals surface area contributed by atoms with E-state index in [2.05, 4.69) is 5.32 Å². The smallest absolute Gasteiger partial charge is 0.321 e. The van der Waals surface area contributed by atoms with E-state index < -0.39 is 51.9 Å². The van der Waals surface area contributed by atoms with E-state index in [9.17, 15) is 27.2 Å². The summed E-state index contributed by atoms with van der Waals surface area (Å²) in [4.78, 5) is 34.9. The Kier molecular flexibility index (Phi) is 7.43. The SMILES string of the molecule is C[C@@H](OC(=O)CNS(=O)(=O)c1ccc(F)cc1)C(=O)NC(=O)NC(C)(C)C. The van der Waals surface area contributed by atoms with Crippen LogP contribution < -0.4 is 15.4 Å². The van der Waals surface area contributed by atoms with Crippen molar-refractivity contribution in [3.05, 3.63) is 30.1 Å². The third-order valence-corrected chi connectivity index (χ3v) is 4.35. The van der Waals surface area contributed by atoms with E-state index in [1.807, 2.05) is 10.0 Å². The number of imide groups is 1. The molecule has 1 aromatic carbocycles. The van der Waals surface area contributed by atoms with Gasteiger partial charge in [0, 0.05) is 5.54 Å². The molecule has 0 bridgehead atoms. The number of sulfonamides is 1. The van der Waals surface area contributed by atoms with Crippen molar-refractivity contribution in [2.75, 3.05) is 6.54 Å². The molecular formula is C16H22FN3O6S. The van der Waals surface area contributed by atoms with Gasteiger partial charge in [-0.1, -0.05) is 0 Å². The number of ether oxygens (including phenoxy) is 1. The molecule has 0 heterocycles. The van der Waals surface area contributed by atoms with Gasteiger partial charge in [0.25, 0.3) is 5.91 Å². The third kappa shape index (κ3) is 8.13. The molecule has 0 radical (unpaired) electrons. The van der Waals surface area contributed by atoms with Crippen LogP contribution >= 0.6 is 0 Å². The number of carbonyl (C=O) groups excluding carboxylic acids is 3. The Bertz CT molecular complexity index is 802. The number of nitrogens with one attached hydrogen (secondary N) is 3. The number of urea groups is 1. The van der Waals surface area contributed by atoms with Gasteiger partial charge in [-0.05, 0) is 52.0 Å². The lowest BCUT2D eigenvalue weighted by Crippen LogP contribution is -2.50. The summed E-state index contributed by atoms with van der Waals surface area (Å²) >= 11 is 0. The van der Waals surface area contributed by atoms with Gasteiger partial charge in [-0.15, -0.1) is 0 Å². The van der Waals surface area contributed by atoms with E-state index in [-0.39, 0.29) is 4.90 Å². The fourth-order valence-electron chi connectivity index (χ4n) is 1.73. The highest BCUT2D eigenvalue weighted by molar-refractivity contribution is 7.89. The summed E-state index contributed by atoms with van der Waals surface area (Å²) in [6, 6.07) is 3.23. The Morgan fingerprint density at radius 1 is 1.15 bits per heavy atom. The Morgan fingerprint density at radius 2 is 1.70 bits per heavy atom. The summed E-state index contributed by atoms with van der Waals surface area (Å²) in [7, 11) is -4.05. The highest BCUT2D eigenvalue weighted by atomic mass is 32.2. The number of amides is 3. The Hall–Kier alpha value is -2.53. The summed E-state index contributed by atoms with van der Waals surface area (Å²) in [6.45, 7) is 5.63. The van der Waals surface area contributed by atoms with Crippen LogP contribution in [0.3, 0.4) is 0 Å². The molecule has 11 heteroatoms. The van der Waals surface area contributed by atoms with Crippen LogP contribution in [0.15, 0.2) is 29.2 Å². The van der Waals surface area contributed by atoms with Crippen LogP contribution in [0.25, 0.3) is 0 Å². The van der Waals surface area contributed by atoms with Crippen molar-refractivity contribution in [3.63, 3.8) is 0 Å². The standard InChI is InChI=1S/C16H22FN3O6S/c1-10(14(22)19-15(23)20-16(2,3)4)26-13(21)9-18-27(24,25)12-7-5-11(17)6-8-12/h5-8,10,18H,9H2,1-4H3,(H2,19,20,22,23)/t10-/m1/s1. The molecule has 150 valence electrons. The van der Waals surface area contributed by atoms with Gasteiger partial charge in [0.1, 0.15) is 12.4 Å². The van der Waals surface area contributed by atoms with Crippen molar-refractivity contribution in [3.8, 4) is 0 Å². The first-order valence-corrected chi connectivity index (χ1v) is 9.36. The van der Waals surface area contributed by atoms with Gasteiger partial charge in [0.2, 0.25) is 10.0 Å². The van der Waals surface area contributed by atoms with E-state index in [0.29, 0.717) is 0 Å². The predicted octanol–water partition coefficient (Wildman–Crippen LogP) is 0.660. The average molecular weight is 403 g/mol. The molecule has 0 aliphatic rings. The van der Waals surface area contributed by atoms with Crippen LogP contribution in [0, 0.1) is 5.82 Å². The quantitative estimate of drug-likeness (QED) is 0.598. The van der Waals surface area contributed by atoms with Crippen molar-refractivity contribution >= 4 is 27.9 Å². The molecule has 0 spiro atoms. The van der Waals surface area contributed by atoms with Gasteiger partial charge < -0.3 is 10.1 Å². The van der Waals surface area contributed by atoms with Gasteiger partial charge in [0.15, 0.2) is 6.10 Å². The number of carbonyl (C=O) groups is 3. The zero-order valence-electron chi connectivity index (χ0n) is 15.3. The lowest BCUT2D eigenvalue weighted by atomic mass is 10.1. The van der Waals surface area contributed by atoms with Crippen molar-refractivity contribution in [1.29, 1.82) is 0 Å². The van der Waals surface area contributed by atoms with Crippen LogP contribution in [-0.4, -0.2) is 44.5 Å². The molecule has 9 nitrogen and oxygen atoms in total. The lowest BCUT2D eigenvalue weighted by molar-refractivity contribution is -0.153.